The van der Waals surface area contributed by atoms with Crippen LogP contribution in [0.1, 0.15) is 47.5 Å². The molecule has 3 aromatic carbocycles. The summed E-state index contributed by atoms with van der Waals surface area (Å²) in [6, 6.07) is 22.8. The molecule has 311 valence electrons. The maximum absolute atomic E-state index is 11.8. The summed E-state index contributed by atoms with van der Waals surface area (Å²) in [6.07, 6.45) is 6.10. The average Bonchev–Trinajstić information content (AvgIpc) is 3.16. The zero-order valence-electron chi connectivity index (χ0n) is 33.9. The Morgan fingerprint density at radius 1 is 0.702 bits per heavy atom. The first-order valence-electron chi connectivity index (χ1n) is 17.6. The molecule has 12 nitrogen and oxygen atoms in total. The molecule has 0 aliphatic carbocycles. The number of esters is 2. The molecular formula is C40H55BClN4O8S3. The van der Waals surface area contributed by atoms with Gasteiger partial charge in [-0.3, -0.25) is 14.4 Å². The van der Waals surface area contributed by atoms with Gasteiger partial charge in [0.25, 0.3) is 0 Å². The van der Waals surface area contributed by atoms with Crippen LogP contribution in [-0.4, -0.2) is 88.9 Å². The number of fused-ring (bicyclic) bond motifs is 1. The number of benzene rings is 3. The lowest BCUT2D eigenvalue weighted by Gasteiger charge is -2.08. The van der Waals surface area contributed by atoms with Crippen molar-refractivity contribution in [2.24, 2.45) is 4.99 Å². The van der Waals surface area contributed by atoms with Gasteiger partial charge in [0.2, 0.25) is 0 Å². The number of para-hydroxylation sites is 3. The standard InChI is InChI=1S/C14H19NO3S.C12H13NO2S.C7H13NO3.C7H9NS.B.ClH/c1-4-17-13(10-14(16)18-5-2)15-11-8-6-7-9-12(11)19-3;1-3-15-11-7-9(14)8-5-4-6-10(16-2)12(8)13-11;1-3-10-6(8)5-7(9)11-4-2;1-9-7-5-3-2-4-6(7)8;;/h6-9H,4-5,10H2,1-3H3;4-7H,3H2,1-2H3,(H,13,14);8H,3-5H2,1-2H3;2-5H,8H2,1H3;;1H. The van der Waals surface area contributed by atoms with Gasteiger partial charge >= 0.3 is 17.8 Å². The van der Waals surface area contributed by atoms with Gasteiger partial charge in [0.05, 0.1) is 44.2 Å². The lowest BCUT2D eigenvalue weighted by atomic mass is 10.2. The van der Waals surface area contributed by atoms with Crippen molar-refractivity contribution >= 4 is 89.7 Å². The average molecular weight is 862 g/mol. The van der Waals surface area contributed by atoms with Gasteiger partial charge in [-0.05, 0) is 89.8 Å². The number of nitrogens with two attached hydrogens (primary N) is 2. The van der Waals surface area contributed by atoms with Gasteiger partial charge in [-0.1, -0.05) is 30.3 Å². The van der Waals surface area contributed by atoms with E-state index in [9.17, 15) is 14.4 Å². The number of hydrogen-bond acceptors (Lipinski definition) is 13. The number of pyridine rings is 1. The zero-order valence-corrected chi connectivity index (χ0v) is 37.1. The van der Waals surface area contributed by atoms with Crippen LogP contribution >= 0.6 is 35.3 Å². The number of hydrogen-bond donors (Lipinski definition) is 3. The summed E-state index contributed by atoms with van der Waals surface area (Å²) in [4.78, 5) is 44.8. The molecule has 0 aliphatic rings. The quantitative estimate of drug-likeness (QED) is 0.0418. The Kier molecular flexibility index (Phi) is 31.6. The van der Waals surface area contributed by atoms with Crippen molar-refractivity contribution in [3.63, 3.8) is 0 Å². The predicted octanol–water partition coefficient (Wildman–Crippen LogP) is 3.82. The number of nitrogens with one attached hydrogen (secondary N) is 1. The highest BCUT2D eigenvalue weighted by molar-refractivity contribution is 7.99. The fourth-order valence-electron chi connectivity index (χ4n) is 4.36. The van der Waals surface area contributed by atoms with E-state index in [1.807, 2.05) is 99.3 Å². The number of aromatic amines is 1. The first-order valence-corrected chi connectivity index (χ1v) is 21.3. The number of thioether (sulfide) groups is 3. The van der Waals surface area contributed by atoms with Crippen molar-refractivity contribution in [2.45, 2.75) is 62.1 Å². The number of carbonyl (C=O) groups excluding carboxylic acids is 2. The van der Waals surface area contributed by atoms with Crippen LogP contribution in [0.15, 0.2) is 97.3 Å². The van der Waals surface area contributed by atoms with E-state index >= 15 is 0 Å². The smallest absolute Gasteiger partial charge is 0.344 e. The Morgan fingerprint density at radius 2 is 1.23 bits per heavy atom. The van der Waals surface area contributed by atoms with Crippen molar-refractivity contribution in [3.8, 4) is 5.88 Å². The summed E-state index contributed by atoms with van der Waals surface area (Å²) >= 11 is 4.88. The van der Waals surface area contributed by atoms with Crippen LogP contribution < -0.4 is 33.7 Å². The zero-order chi connectivity index (χ0) is 41.0. The number of aromatic nitrogens is 1. The highest BCUT2D eigenvalue weighted by Gasteiger charge is 2.12. The van der Waals surface area contributed by atoms with Crippen LogP contribution in [0, 0.1) is 0 Å². The molecule has 4 rings (SSSR count). The van der Waals surface area contributed by atoms with Gasteiger partial charge in [-0.2, -0.15) is 0 Å². The Morgan fingerprint density at radius 3 is 1.75 bits per heavy atom. The number of carbonyl (C=O) groups is 2. The molecule has 0 saturated heterocycles. The van der Waals surface area contributed by atoms with E-state index in [0.29, 0.717) is 50.2 Å². The molecule has 4 aromatic rings. The minimum atomic E-state index is -0.349. The number of nitrogen functional groups attached to an aromatic ring is 1. The van der Waals surface area contributed by atoms with Gasteiger partial charge in [0.1, 0.15) is 6.42 Å². The van der Waals surface area contributed by atoms with Crippen LogP contribution in [-0.2, 0) is 28.5 Å². The first kappa shape index (κ1) is 54.9. The van der Waals surface area contributed by atoms with Crippen molar-refractivity contribution in [3.05, 3.63) is 83.0 Å². The van der Waals surface area contributed by atoms with E-state index in [0.717, 1.165) is 31.6 Å². The third-order valence-electron chi connectivity index (χ3n) is 6.66. The second-order valence-corrected chi connectivity index (χ2v) is 13.1. The number of rotatable bonds is 14. The second kappa shape index (κ2) is 32.8. The number of H-pyrrole nitrogens is 1. The Balaban J connectivity index is 0. The minimum Gasteiger partial charge on any atom is -1.00 e. The Bertz CT molecular complexity index is 1850. The maximum Gasteiger partial charge on any atom is 0.344 e. The van der Waals surface area contributed by atoms with Crippen LogP contribution in [0.3, 0.4) is 0 Å². The molecule has 57 heavy (non-hydrogen) atoms. The summed E-state index contributed by atoms with van der Waals surface area (Å²) in [7, 11) is 0. The van der Waals surface area contributed by atoms with Gasteiger partial charge < -0.3 is 46.8 Å². The van der Waals surface area contributed by atoms with Gasteiger partial charge in [0.15, 0.2) is 23.6 Å². The lowest BCUT2D eigenvalue weighted by molar-refractivity contribution is -0.154. The number of anilines is 1. The fraction of sp³-hybridized carbons (Fsp3) is 0.375. The summed E-state index contributed by atoms with van der Waals surface area (Å²) < 4.78 is 25.1. The number of ether oxygens (including phenoxy) is 5. The molecule has 0 fully saturated rings. The summed E-state index contributed by atoms with van der Waals surface area (Å²) in [5.41, 5.74) is 8.13. The monoisotopic (exact) mass is 861 g/mol. The summed E-state index contributed by atoms with van der Waals surface area (Å²) in [5.74, 6) is 0.463. The maximum atomic E-state index is 11.8. The molecule has 17 heteroatoms. The molecule has 0 unspecified atom stereocenters. The fourth-order valence-corrected chi connectivity index (χ4v) is 6.00. The van der Waals surface area contributed by atoms with E-state index in [2.05, 4.69) is 14.7 Å². The normalized spacial score (nSPS) is 9.93. The number of nitrogens with zero attached hydrogens (tertiary/aromatic N) is 1. The molecule has 1 aromatic heterocycles. The highest BCUT2D eigenvalue weighted by Crippen LogP contribution is 2.28. The highest BCUT2D eigenvalue weighted by atomic mass is 35.5. The third-order valence-corrected chi connectivity index (χ3v) is 9.03. The molecule has 0 bridgehead atoms. The van der Waals surface area contributed by atoms with Crippen LogP contribution in [0.2, 0.25) is 0 Å². The van der Waals surface area contributed by atoms with Gasteiger partial charge in [0, 0.05) is 40.2 Å². The Hall–Kier alpha value is -4.25. The molecule has 0 atom stereocenters. The van der Waals surface area contributed by atoms with Gasteiger partial charge in [-0.25, -0.2) is 10.4 Å². The number of halogens is 1. The molecule has 5 N–H and O–H groups in total. The topological polar surface area (TPSA) is 177 Å². The molecule has 3 radical (unpaired) electrons. The predicted molar refractivity (Wildman–Crippen MR) is 234 cm³/mol. The van der Waals surface area contributed by atoms with Crippen molar-refractivity contribution in [1.29, 1.82) is 0 Å². The minimum absolute atomic E-state index is 0. The van der Waals surface area contributed by atoms with Crippen LogP contribution in [0.4, 0.5) is 11.4 Å². The summed E-state index contributed by atoms with van der Waals surface area (Å²) in [5, 5.41) is 6.01. The van der Waals surface area contributed by atoms with Crippen LogP contribution in [0.5, 0.6) is 5.88 Å². The van der Waals surface area contributed by atoms with Gasteiger partial charge in [-0.15, -0.1) is 35.3 Å². The Labute approximate surface area is 357 Å². The molecule has 1 heterocycles. The van der Waals surface area contributed by atoms with E-state index in [1.165, 1.54) is 6.07 Å². The second-order valence-electron chi connectivity index (χ2n) is 10.5. The third kappa shape index (κ3) is 21.7. The van der Waals surface area contributed by atoms with Crippen molar-refractivity contribution in [2.75, 3.05) is 57.5 Å². The molecule has 0 saturated carbocycles. The van der Waals surface area contributed by atoms with Crippen molar-refractivity contribution < 1.29 is 51.1 Å². The largest absolute Gasteiger partial charge is 1.00 e. The first-order chi connectivity index (χ1) is 26.5. The SMILES string of the molecule is CCOC(=O)CC(=Nc1ccccc1SC)OCC.CCOC(=[NH2+])CC(=O)OCC.CCOc1cc(=O)c2cccc(SC)c2[nH]1.CSc1ccccc1N.[B].[Cl-]. The van der Waals surface area contributed by atoms with E-state index in [1.54, 1.807) is 56.1 Å². The van der Waals surface area contributed by atoms with E-state index in [-0.39, 0.29) is 56.9 Å². The van der Waals surface area contributed by atoms with E-state index in [4.69, 9.17) is 30.1 Å². The van der Waals surface area contributed by atoms with Crippen molar-refractivity contribution in [1.82, 2.24) is 4.98 Å². The van der Waals surface area contributed by atoms with E-state index < -0.39 is 0 Å². The number of aliphatic imine (C=N–C) groups is 1. The summed E-state index contributed by atoms with van der Waals surface area (Å²) in [6.45, 7) is 11.3. The lowest BCUT2D eigenvalue weighted by Crippen LogP contribution is -3.00. The molecular weight excluding hydrogens is 807 g/mol. The molecule has 0 spiro atoms. The molecule has 0 amide bonds. The van der Waals surface area contributed by atoms with Crippen LogP contribution in [0.25, 0.3) is 10.9 Å². The molecule has 0 aliphatic heterocycles.